The van der Waals surface area contributed by atoms with Crippen LogP contribution in [0, 0.1) is 5.41 Å². The van der Waals surface area contributed by atoms with E-state index in [-0.39, 0.29) is 61.4 Å². The number of carbonyl (C=O) groups is 3. The molecule has 0 atom stereocenters. The lowest BCUT2D eigenvalue weighted by atomic mass is 9.97. The quantitative estimate of drug-likeness (QED) is 0.0503. The number of benzene rings is 2. The molecule has 0 bridgehead atoms. The maximum atomic E-state index is 13.1. The van der Waals surface area contributed by atoms with Gasteiger partial charge in [-0.3, -0.25) is 24.7 Å². The standard InChI is InChI=1S/C45H57N15O6/c46-40(32-3-4-36-35(24-32)56-44(48)66-36)39-41(47)54-29-55-42(39)51-25-30-1-2-33-28-60(11-5-31(33)23-30)38(62)7-19-64-21-10-50-43(63)34-26-52-45(53-27-34)59-16-14-57(15-17-59)18-22-65-20-6-37(61)58-12-8-49-9-13-58/h1-4,23-24,26-27,29,46,49H,5-22,25,28H2,(H2,48,56)(H,50,63)(H3,47,51,54,55). The van der Waals surface area contributed by atoms with Gasteiger partial charge in [0.05, 0.1) is 56.1 Å². The van der Waals surface area contributed by atoms with Crippen molar-refractivity contribution in [1.82, 2.24) is 50.3 Å². The van der Waals surface area contributed by atoms with Gasteiger partial charge in [-0.05, 0) is 41.3 Å². The summed E-state index contributed by atoms with van der Waals surface area (Å²) in [6.45, 7) is 10.6. The van der Waals surface area contributed by atoms with Crippen molar-refractivity contribution >= 4 is 58.1 Å². The van der Waals surface area contributed by atoms with E-state index < -0.39 is 0 Å². The van der Waals surface area contributed by atoms with Gasteiger partial charge in [0.2, 0.25) is 17.8 Å². The van der Waals surface area contributed by atoms with Crippen molar-refractivity contribution in [2.24, 2.45) is 0 Å². The van der Waals surface area contributed by atoms with Gasteiger partial charge in [0.1, 0.15) is 23.5 Å². The Kier molecular flexibility index (Phi) is 15.2. The number of rotatable bonds is 19. The fraction of sp³-hybridized carbons (Fsp3) is 0.444. The van der Waals surface area contributed by atoms with Gasteiger partial charge in [-0.2, -0.15) is 4.98 Å². The Morgan fingerprint density at radius 1 is 0.803 bits per heavy atom. The number of anilines is 4. The van der Waals surface area contributed by atoms with E-state index in [1.165, 1.54) is 24.3 Å². The highest BCUT2D eigenvalue weighted by Gasteiger charge is 2.23. The van der Waals surface area contributed by atoms with Crippen molar-refractivity contribution in [3.63, 3.8) is 0 Å². The largest absolute Gasteiger partial charge is 0.424 e. The van der Waals surface area contributed by atoms with Gasteiger partial charge >= 0.3 is 0 Å². The lowest BCUT2D eigenvalue weighted by Crippen LogP contribution is -2.48. The molecule has 0 aliphatic carbocycles. The summed E-state index contributed by atoms with van der Waals surface area (Å²) in [6.07, 6.45) is 5.81. The number of piperazine rings is 2. The number of carbonyl (C=O) groups excluding carboxylic acids is 3. The zero-order valence-corrected chi connectivity index (χ0v) is 37.0. The van der Waals surface area contributed by atoms with Gasteiger partial charge < -0.3 is 56.0 Å². The van der Waals surface area contributed by atoms with E-state index in [1.807, 2.05) is 21.9 Å². The zero-order valence-electron chi connectivity index (χ0n) is 37.0. The first-order valence-electron chi connectivity index (χ1n) is 22.4. The number of oxazole rings is 1. The van der Waals surface area contributed by atoms with Crippen LogP contribution in [-0.4, -0.2) is 161 Å². The molecule has 8 rings (SSSR count). The maximum Gasteiger partial charge on any atom is 0.292 e. The first kappa shape index (κ1) is 45.7. The molecule has 3 aliphatic heterocycles. The van der Waals surface area contributed by atoms with Crippen molar-refractivity contribution in [2.75, 3.05) is 120 Å². The highest BCUT2D eigenvalue weighted by Crippen LogP contribution is 2.26. The molecular weight excluding hydrogens is 847 g/mol. The number of hydrogen-bond donors (Lipinski definition) is 6. The number of hydrogen-bond acceptors (Lipinski definition) is 18. The number of aromatic nitrogens is 5. The smallest absolute Gasteiger partial charge is 0.292 e. The van der Waals surface area contributed by atoms with E-state index in [9.17, 15) is 14.4 Å². The molecule has 21 nitrogen and oxygen atoms in total. The number of ether oxygens (including phenoxy) is 2. The maximum absolute atomic E-state index is 13.1. The van der Waals surface area contributed by atoms with Crippen LogP contribution < -0.4 is 32.3 Å². The fourth-order valence-corrected chi connectivity index (χ4v) is 8.20. The van der Waals surface area contributed by atoms with Crippen LogP contribution in [-0.2, 0) is 38.6 Å². The Morgan fingerprint density at radius 2 is 1.56 bits per heavy atom. The summed E-state index contributed by atoms with van der Waals surface area (Å²) < 4.78 is 16.8. The third-order valence-corrected chi connectivity index (χ3v) is 11.9. The fourth-order valence-electron chi connectivity index (χ4n) is 8.20. The molecule has 0 radical (unpaired) electrons. The minimum atomic E-state index is -0.292. The Morgan fingerprint density at radius 3 is 2.35 bits per heavy atom. The molecular formula is C45H57N15O6. The average Bonchev–Trinajstić information content (AvgIpc) is 3.73. The second-order valence-corrected chi connectivity index (χ2v) is 16.3. The highest BCUT2D eigenvalue weighted by molar-refractivity contribution is 6.17. The molecule has 2 fully saturated rings. The van der Waals surface area contributed by atoms with Crippen molar-refractivity contribution in [3.05, 3.63) is 88.5 Å². The lowest BCUT2D eigenvalue weighted by molar-refractivity contribution is -0.133. The van der Waals surface area contributed by atoms with Gasteiger partial charge in [-0.15, -0.1) is 0 Å². The number of nitrogens with zero attached hydrogens (tertiary/aromatic N) is 9. The molecule has 5 aromatic rings. The van der Waals surface area contributed by atoms with Gasteiger partial charge in [0.25, 0.3) is 11.9 Å². The summed E-state index contributed by atoms with van der Waals surface area (Å²) in [7, 11) is 0. The molecule has 2 saturated heterocycles. The van der Waals surface area contributed by atoms with Crippen LogP contribution in [0.15, 0.2) is 59.5 Å². The third-order valence-electron chi connectivity index (χ3n) is 11.9. The van der Waals surface area contributed by atoms with Crippen LogP contribution in [0.5, 0.6) is 0 Å². The molecule has 3 amide bonds. The predicted octanol–water partition coefficient (Wildman–Crippen LogP) is 1.28. The normalized spacial score (nSPS) is 15.4. The van der Waals surface area contributed by atoms with E-state index in [2.05, 4.69) is 56.7 Å². The number of nitrogen functional groups attached to an aromatic ring is 2. The van der Waals surface area contributed by atoms with Gasteiger partial charge in [0.15, 0.2) is 5.58 Å². The highest BCUT2D eigenvalue weighted by atomic mass is 16.5. The minimum absolute atomic E-state index is 0.0108. The van der Waals surface area contributed by atoms with Gasteiger partial charge in [-0.1, -0.05) is 18.2 Å². The molecule has 0 saturated carbocycles. The molecule has 2 aromatic carbocycles. The monoisotopic (exact) mass is 903 g/mol. The number of fused-ring (bicyclic) bond motifs is 2. The molecule has 8 N–H and O–H groups in total. The van der Waals surface area contributed by atoms with E-state index >= 15 is 0 Å². The zero-order chi connectivity index (χ0) is 45.8. The summed E-state index contributed by atoms with van der Waals surface area (Å²) >= 11 is 0. The first-order chi connectivity index (χ1) is 32.2. The first-order valence-corrected chi connectivity index (χ1v) is 22.4. The number of nitrogens with two attached hydrogens (primary N) is 2. The SMILES string of the molecule is N=C(c1ccc2oc(N)nc2c1)c1c(N)ncnc1NCc1ccc2c(c1)CCN(C(=O)CCOCCNC(=O)c1cnc(N3CCN(CCOCCC(=O)N4CCNCC4)CC3)nc1)C2. The second-order valence-electron chi connectivity index (χ2n) is 16.3. The van der Waals surface area contributed by atoms with Crippen LogP contribution in [0.25, 0.3) is 11.1 Å². The molecule has 3 aliphatic rings. The van der Waals surface area contributed by atoms with Crippen LogP contribution in [0.2, 0.25) is 0 Å². The average molecular weight is 904 g/mol. The molecule has 6 heterocycles. The topological polar surface area (TPSA) is 272 Å². The second kappa shape index (κ2) is 21.9. The summed E-state index contributed by atoms with van der Waals surface area (Å²) in [6, 6.07) is 11.4. The Labute approximate surface area is 382 Å². The molecule has 348 valence electrons. The van der Waals surface area contributed by atoms with E-state index in [0.717, 1.165) is 70.0 Å². The van der Waals surface area contributed by atoms with Gasteiger partial charge in [0, 0.05) is 103 Å². The van der Waals surface area contributed by atoms with Crippen LogP contribution in [0.4, 0.5) is 23.6 Å². The molecule has 3 aromatic heterocycles. The molecule has 0 spiro atoms. The molecule has 0 unspecified atom stereocenters. The summed E-state index contributed by atoms with van der Waals surface area (Å²) in [4.78, 5) is 67.9. The van der Waals surface area contributed by atoms with Crippen LogP contribution in [0.1, 0.15) is 51.0 Å². The van der Waals surface area contributed by atoms with Crippen LogP contribution in [0.3, 0.4) is 0 Å². The lowest BCUT2D eigenvalue weighted by Gasteiger charge is -2.34. The number of nitrogens with one attached hydrogen (secondary N) is 4. The van der Waals surface area contributed by atoms with E-state index in [1.54, 1.807) is 18.2 Å². The van der Waals surface area contributed by atoms with Crippen LogP contribution >= 0.6 is 0 Å². The van der Waals surface area contributed by atoms with E-state index in [4.69, 9.17) is 30.8 Å². The van der Waals surface area contributed by atoms with E-state index in [0.29, 0.717) is 85.2 Å². The van der Waals surface area contributed by atoms with Crippen molar-refractivity contribution in [1.29, 1.82) is 5.41 Å². The summed E-state index contributed by atoms with van der Waals surface area (Å²) in [5.74, 6) is 1.07. The Balaban J connectivity index is 0.695. The predicted molar refractivity (Wildman–Crippen MR) is 247 cm³/mol. The Bertz CT molecular complexity index is 2490. The summed E-state index contributed by atoms with van der Waals surface area (Å²) in [5, 5.41) is 18.3. The number of amides is 3. The third kappa shape index (κ3) is 11.7. The Hall–Kier alpha value is -6.81. The van der Waals surface area contributed by atoms with Crippen molar-refractivity contribution in [2.45, 2.75) is 32.4 Å². The van der Waals surface area contributed by atoms with Crippen molar-refractivity contribution in [3.8, 4) is 0 Å². The summed E-state index contributed by atoms with van der Waals surface area (Å²) in [5.41, 5.74) is 17.7. The molecule has 21 heteroatoms. The minimum Gasteiger partial charge on any atom is -0.424 e. The van der Waals surface area contributed by atoms with Gasteiger partial charge in [-0.25, -0.2) is 19.9 Å². The van der Waals surface area contributed by atoms with Crippen molar-refractivity contribution < 1.29 is 28.3 Å². The molecule has 66 heavy (non-hydrogen) atoms.